The lowest BCUT2D eigenvalue weighted by Gasteiger charge is -2.31. The standard InChI is InChI=1S/C63H53N/c1-61(2,3)45-36-31-43(32-37-45)48-21-12-16-29-58(48)64(59-30-17-13-24-52(59)54-26-18-25-53-50-23-10-14-27-55(50)62(4,5)60(53)54)47-38-33-42(34-39-47)44-35-40-51-49-22-11-15-28-56(49)63(6,57(51)41-44)46-19-8-7-9-20-46/h7-41H,1-6H3. The van der Waals surface area contributed by atoms with Crippen LogP contribution in [0.15, 0.2) is 212 Å². The molecule has 0 radical (unpaired) electrons. The first-order valence-corrected chi connectivity index (χ1v) is 22.8. The Morgan fingerprint density at radius 2 is 0.844 bits per heavy atom. The first-order chi connectivity index (χ1) is 31.0. The van der Waals surface area contributed by atoms with Gasteiger partial charge in [-0.1, -0.05) is 217 Å². The van der Waals surface area contributed by atoms with Crippen LogP contribution in [0.2, 0.25) is 0 Å². The van der Waals surface area contributed by atoms with Crippen LogP contribution in [0.4, 0.5) is 17.1 Å². The van der Waals surface area contributed by atoms with Crippen molar-refractivity contribution in [3.8, 4) is 55.6 Å². The molecule has 1 atom stereocenters. The second kappa shape index (κ2) is 15.0. The number of nitrogens with zero attached hydrogens (tertiary/aromatic N) is 1. The molecule has 0 bridgehead atoms. The van der Waals surface area contributed by atoms with Gasteiger partial charge in [0.15, 0.2) is 0 Å². The molecule has 0 saturated carbocycles. The van der Waals surface area contributed by atoms with E-state index in [2.05, 4.69) is 259 Å². The quantitative estimate of drug-likeness (QED) is 0.155. The van der Waals surface area contributed by atoms with Crippen molar-refractivity contribution in [1.82, 2.24) is 0 Å². The molecule has 2 aliphatic rings. The fourth-order valence-electron chi connectivity index (χ4n) is 11.0. The molecule has 9 aromatic rings. The number of hydrogen-bond donors (Lipinski definition) is 0. The van der Waals surface area contributed by atoms with Crippen LogP contribution in [0, 0.1) is 0 Å². The van der Waals surface area contributed by atoms with Gasteiger partial charge in [0.25, 0.3) is 0 Å². The van der Waals surface area contributed by atoms with Crippen molar-refractivity contribution in [3.63, 3.8) is 0 Å². The van der Waals surface area contributed by atoms with Gasteiger partial charge < -0.3 is 4.90 Å². The highest BCUT2D eigenvalue weighted by molar-refractivity contribution is 5.97. The zero-order valence-corrected chi connectivity index (χ0v) is 37.7. The molecule has 0 saturated heterocycles. The van der Waals surface area contributed by atoms with Gasteiger partial charge in [0.2, 0.25) is 0 Å². The molecule has 0 fully saturated rings. The Hall–Kier alpha value is -7.22. The molecule has 0 aliphatic heterocycles. The van der Waals surface area contributed by atoms with Crippen LogP contribution in [0.5, 0.6) is 0 Å². The summed E-state index contributed by atoms with van der Waals surface area (Å²) in [6.07, 6.45) is 0. The summed E-state index contributed by atoms with van der Waals surface area (Å²) < 4.78 is 0. The molecule has 2 aliphatic carbocycles. The third kappa shape index (κ3) is 6.21. The van der Waals surface area contributed by atoms with E-state index in [9.17, 15) is 0 Å². The predicted molar refractivity (Wildman–Crippen MR) is 271 cm³/mol. The highest BCUT2D eigenvalue weighted by atomic mass is 15.1. The van der Waals surface area contributed by atoms with Crippen LogP contribution < -0.4 is 4.90 Å². The van der Waals surface area contributed by atoms with E-state index in [1.54, 1.807) is 0 Å². The van der Waals surface area contributed by atoms with E-state index < -0.39 is 0 Å². The molecule has 0 amide bonds. The maximum absolute atomic E-state index is 2.49. The minimum atomic E-state index is -0.258. The summed E-state index contributed by atoms with van der Waals surface area (Å²) in [5.41, 5.74) is 23.7. The topological polar surface area (TPSA) is 3.24 Å². The Morgan fingerprint density at radius 1 is 0.359 bits per heavy atom. The Bertz CT molecular complexity index is 3220. The van der Waals surface area contributed by atoms with Gasteiger partial charge >= 0.3 is 0 Å². The molecule has 0 heterocycles. The van der Waals surface area contributed by atoms with Crippen LogP contribution in [-0.4, -0.2) is 0 Å². The first-order valence-electron chi connectivity index (χ1n) is 22.8. The molecule has 0 aromatic heterocycles. The summed E-state index contributed by atoms with van der Waals surface area (Å²) in [4.78, 5) is 2.49. The van der Waals surface area contributed by atoms with Crippen molar-refractivity contribution >= 4 is 17.1 Å². The Labute approximate surface area is 379 Å². The Morgan fingerprint density at radius 3 is 1.52 bits per heavy atom. The lowest BCUT2D eigenvalue weighted by Crippen LogP contribution is -2.22. The maximum atomic E-state index is 2.49. The highest BCUT2D eigenvalue weighted by Gasteiger charge is 2.41. The molecule has 1 unspecified atom stereocenters. The number of benzene rings is 9. The minimum absolute atomic E-state index is 0.0666. The van der Waals surface area contributed by atoms with Crippen LogP contribution in [0.1, 0.15) is 74.9 Å². The lowest BCUT2D eigenvalue weighted by molar-refractivity contribution is 0.590. The van der Waals surface area contributed by atoms with Crippen molar-refractivity contribution in [2.45, 2.75) is 57.8 Å². The largest absolute Gasteiger partial charge is 0.309 e. The second-order valence-corrected chi connectivity index (χ2v) is 19.4. The minimum Gasteiger partial charge on any atom is -0.309 e. The van der Waals surface area contributed by atoms with E-state index in [1.165, 1.54) is 89.0 Å². The van der Waals surface area contributed by atoms with Crippen molar-refractivity contribution < 1.29 is 0 Å². The van der Waals surface area contributed by atoms with Gasteiger partial charge in [0, 0.05) is 27.6 Å². The number of rotatable bonds is 7. The SMILES string of the molecule is CC(C)(C)c1ccc(-c2ccccc2N(c2ccc(-c3ccc4c(c3)C(C)(c3ccccc3)c3ccccc3-4)cc2)c2ccccc2-c2cccc3c2C(C)(C)c2ccccc2-3)cc1. The Balaban J connectivity index is 1.07. The van der Waals surface area contributed by atoms with Crippen molar-refractivity contribution in [2.75, 3.05) is 4.90 Å². The molecule has 0 spiro atoms. The summed E-state index contributed by atoms with van der Waals surface area (Å²) in [5, 5.41) is 0. The van der Waals surface area contributed by atoms with Crippen molar-refractivity contribution in [3.05, 3.63) is 246 Å². The second-order valence-electron chi connectivity index (χ2n) is 19.4. The molecule has 310 valence electrons. The molecular weight excluding hydrogens is 771 g/mol. The molecule has 0 N–H and O–H groups in total. The van der Waals surface area contributed by atoms with Crippen molar-refractivity contribution in [2.24, 2.45) is 0 Å². The van der Waals surface area contributed by atoms with Gasteiger partial charge in [-0.2, -0.15) is 0 Å². The van der Waals surface area contributed by atoms with Gasteiger partial charge in [0.05, 0.1) is 11.4 Å². The number of fused-ring (bicyclic) bond motifs is 6. The number of anilines is 3. The smallest absolute Gasteiger partial charge is 0.0540 e. The summed E-state index contributed by atoms with van der Waals surface area (Å²) in [6.45, 7) is 14.0. The van der Waals surface area contributed by atoms with Crippen LogP contribution in [0.25, 0.3) is 55.6 Å². The first kappa shape index (κ1) is 39.6. The fraction of sp³-hybridized carbons (Fsp3) is 0.143. The van der Waals surface area contributed by atoms with Gasteiger partial charge in [-0.15, -0.1) is 0 Å². The third-order valence-corrected chi connectivity index (χ3v) is 14.3. The van der Waals surface area contributed by atoms with E-state index in [0.29, 0.717) is 0 Å². The third-order valence-electron chi connectivity index (χ3n) is 14.3. The van der Waals surface area contributed by atoms with E-state index in [1.807, 2.05) is 0 Å². The average molecular weight is 824 g/mol. The van der Waals surface area contributed by atoms with Crippen LogP contribution in [0.3, 0.4) is 0 Å². The zero-order chi connectivity index (χ0) is 43.8. The van der Waals surface area contributed by atoms with Gasteiger partial charge in [-0.3, -0.25) is 0 Å². The summed E-state index contributed by atoms with van der Waals surface area (Å²) >= 11 is 0. The normalized spacial score (nSPS) is 15.5. The zero-order valence-electron chi connectivity index (χ0n) is 37.7. The Kier molecular flexibility index (Phi) is 9.26. The monoisotopic (exact) mass is 823 g/mol. The van der Waals surface area contributed by atoms with Crippen LogP contribution in [-0.2, 0) is 16.2 Å². The van der Waals surface area contributed by atoms with E-state index >= 15 is 0 Å². The summed E-state index contributed by atoms with van der Waals surface area (Å²) in [7, 11) is 0. The predicted octanol–water partition coefficient (Wildman–Crippen LogP) is 17.1. The summed E-state index contributed by atoms with van der Waals surface area (Å²) in [5.74, 6) is 0. The molecule has 64 heavy (non-hydrogen) atoms. The number of para-hydroxylation sites is 2. The van der Waals surface area contributed by atoms with E-state index in [-0.39, 0.29) is 16.2 Å². The fourth-order valence-corrected chi connectivity index (χ4v) is 11.0. The number of hydrogen-bond acceptors (Lipinski definition) is 1. The van der Waals surface area contributed by atoms with Crippen LogP contribution >= 0.6 is 0 Å². The van der Waals surface area contributed by atoms with Crippen molar-refractivity contribution in [1.29, 1.82) is 0 Å². The van der Waals surface area contributed by atoms with Gasteiger partial charge in [-0.05, 0) is 121 Å². The molecule has 11 rings (SSSR count). The molecule has 9 aromatic carbocycles. The average Bonchev–Trinajstić information content (AvgIpc) is 3.73. The molecule has 1 heteroatoms. The van der Waals surface area contributed by atoms with Gasteiger partial charge in [-0.25, -0.2) is 0 Å². The molecule has 1 nitrogen and oxygen atoms in total. The lowest BCUT2D eigenvalue weighted by atomic mass is 9.74. The van der Waals surface area contributed by atoms with Gasteiger partial charge in [0.1, 0.15) is 0 Å². The van der Waals surface area contributed by atoms with E-state index in [4.69, 9.17) is 0 Å². The summed E-state index contributed by atoms with van der Waals surface area (Å²) in [6, 6.07) is 79.2. The van der Waals surface area contributed by atoms with E-state index in [0.717, 1.165) is 17.1 Å². The maximum Gasteiger partial charge on any atom is 0.0540 e. The highest BCUT2D eigenvalue weighted by Crippen LogP contribution is 2.55. The molecular formula is C63H53N.